The minimum absolute atomic E-state index is 0.156. The topological polar surface area (TPSA) is 24.9 Å². The van der Waals surface area contributed by atoms with E-state index in [4.69, 9.17) is 9.47 Å². The van der Waals surface area contributed by atoms with Crippen molar-refractivity contribution in [3.05, 3.63) is 272 Å². The zero-order valence-corrected chi connectivity index (χ0v) is 42.3. The van der Waals surface area contributed by atoms with Crippen molar-refractivity contribution >= 4 is 78.8 Å². The van der Waals surface area contributed by atoms with Gasteiger partial charge in [-0.1, -0.05) is 190 Å². The molecule has 0 saturated carbocycles. The van der Waals surface area contributed by atoms with Crippen LogP contribution in [0.15, 0.2) is 267 Å². The van der Waals surface area contributed by atoms with Crippen LogP contribution in [0.3, 0.4) is 0 Å². The van der Waals surface area contributed by atoms with Gasteiger partial charge in [0, 0.05) is 51.7 Å². The Balaban J connectivity index is 0.971. The summed E-state index contributed by atoms with van der Waals surface area (Å²) in [6.45, 7) is 4.42. The van der Waals surface area contributed by atoms with Gasteiger partial charge in [-0.05, 0) is 156 Å². The van der Waals surface area contributed by atoms with Crippen LogP contribution in [0.2, 0.25) is 0 Å². The summed E-state index contributed by atoms with van der Waals surface area (Å²) in [6, 6.07) is 95.9. The molecule has 2 aliphatic rings. The van der Waals surface area contributed by atoms with Crippen molar-refractivity contribution in [1.29, 1.82) is 0 Å². The van der Waals surface area contributed by atoms with Crippen molar-refractivity contribution in [3.8, 4) is 56.4 Å². The normalized spacial score (nSPS) is 12.1. The van der Waals surface area contributed by atoms with Gasteiger partial charge in [0.05, 0.1) is 0 Å². The first-order chi connectivity index (χ1) is 37.5. The number of para-hydroxylation sites is 4. The Kier molecular flexibility index (Phi) is 11.1. The molecule has 0 amide bonds. The summed E-state index contributed by atoms with van der Waals surface area (Å²) in [6.07, 6.45) is 0. The van der Waals surface area contributed by atoms with Crippen molar-refractivity contribution in [1.82, 2.24) is 0 Å². The molecule has 2 aliphatic heterocycles. The monoisotopic (exact) mass is 974 g/mol. The third-order valence-corrected chi connectivity index (χ3v) is 15.3. The fraction of sp³-hybridized carbons (Fsp3) is 0.0423. The molecule has 2 heterocycles. The van der Waals surface area contributed by atoms with E-state index in [1.807, 2.05) is 0 Å². The first-order valence-electron chi connectivity index (χ1n) is 26.3. The largest absolute Gasteiger partial charge is 0.458 e. The van der Waals surface area contributed by atoms with Crippen molar-refractivity contribution in [2.45, 2.75) is 19.8 Å². The Morgan fingerprint density at radius 2 is 0.658 bits per heavy atom. The van der Waals surface area contributed by atoms with Gasteiger partial charge in [-0.25, -0.2) is 0 Å². The molecule has 0 aromatic heterocycles. The molecule has 76 heavy (non-hydrogen) atoms. The quantitative estimate of drug-likeness (QED) is 0.101. The molecule has 0 bridgehead atoms. The highest BCUT2D eigenvalue weighted by Gasteiger charge is 2.41. The maximum atomic E-state index is 7.29. The molecular formula is C71H51BN2O2. The molecule has 0 unspecified atom stereocenters. The van der Waals surface area contributed by atoms with Crippen LogP contribution in [0.5, 0.6) is 23.0 Å². The van der Waals surface area contributed by atoms with Crippen molar-refractivity contribution < 1.29 is 9.47 Å². The number of ether oxygens (including phenoxy) is 2. The Bertz CT molecular complexity index is 3850. The summed E-state index contributed by atoms with van der Waals surface area (Å²) in [5.41, 5.74) is 17.7. The van der Waals surface area contributed by atoms with E-state index in [0.717, 1.165) is 84.6 Å². The van der Waals surface area contributed by atoms with E-state index in [-0.39, 0.29) is 12.6 Å². The molecule has 0 aliphatic carbocycles. The molecular weight excluding hydrogens is 924 g/mol. The lowest BCUT2D eigenvalue weighted by atomic mass is 9.35. The highest BCUT2D eigenvalue weighted by Crippen LogP contribution is 2.47. The van der Waals surface area contributed by atoms with Crippen LogP contribution >= 0.6 is 0 Å². The summed E-state index contributed by atoms with van der Waals surface area (Å²) < 4.78 is 14.6. The van der Waals surface area contributed by atoms with Crippen LogP contribution in [-0.2, 0) is 0 Å². The molecule has 360 valence electrons. The molecule has 5 heteroatoms. The molecule has 14 rings (SSSR count). The Morgan fingerprint density at radius 1 is 0.303 bits per heavy atom. The molecule has 0 radical (unpaired) electrons. The Labute approximate surface area is 444 Å². The van der Waals surface area contributed by atoms with Gasteiger partial charge < -0.3 is 19.3 Å². The third-order valence-electron chi connectivity index (χ3n) is 15.3. The van der Waals surface area contributed by atoms with Crippen LogP contribution < -0.4 is 35.7 Å². The lowest BCUT2D eigenvalue weighted by Gasteiger charge is -2.35. The van der Waals surface area contributed by atoms with Gasteiger partial charge in [-0.15, -0.1) is 0 Å². The molecule has 0 atom stereocenters. The van der Waals surface area contributed by atoms with E-state index >= 15 is 0 Å². The fourth-order valence-corrected chi connectivity index (χ4v) is 11.8. The van der Waals surface area contributed by atoms with E-state index in [1.165, 1.54) is 49.4 Å². The number of anilines is 6. The smallest absolute Gasteiger partial charge is 0.260 e. The fourth-order valence-electron chi connectivity index (χ4n) is 11.8. The van der Waals surface area contributed by atoms with E-state index < -0.39 is 0 Å². The minimum atomic E-state index is -0.156. The molecule has 0 fully saturated rings. The van der Waals surface area contributed by atoms with Gasteiger partial charge in [-0.2, -0.15) is 0 Å². The second-order valence-electron chi connectivity index (χ2n) is 20.2. The molecule has 0 N–H and O–H groups in total. The van der Waals surface area contributed by atoms with E-state index in [1.54, 1.807) is 0 Å². The summed E-state index contributed by atoms with van der Waals surface area (Å²) in [5.74, 6) is 3.47. The van der Waals surface area contributed by atoms with Gasteiger partial charge >= 0.3 is 0 Å². The van der Waals surface area contributed by atoms with Crippen LogP contribution in [0.4, 0.5) is 34.1 Å². The molecule has 0 saturated heterocycles. The third kappa shape index (κ3) is 7.79. The van der Waals surface area contributed by atoms with Crippen LogP contribution in [0.1, 0.15) is 25.3 Å². The van der Waals surface area contributed by atoms with E-state index in [2.05, 4.69) is 291 Å². The average Bonchev–Trinajstić information content (AvgIpc) is 3.60. The summed E-state index contributed by atoms with van der Waals surface area (Å²) in [7, 11) is 0. The SMILES string of the molecule is CC(C)c1cc(-c2cc3c4c(c2)Oc2cc(N(c5ccccc5)c5ccccc5)ccc2B4c2ccc(N(c4ccccc4)c4ccccc4)cc2O3)cc(-c2c3ccccc3c(-c3ccccc3)c3ccccc23)c1. The lowest BCUT2D eigenvalue weighted by molar-refractivity contribution is 0.465. The second-order valence-corrected chi connectivity index (χ2v) is 20.2. The zero-order valence-electron chi connectivity index (χ0n) is 42.3. The standard InChI is InChI=1S/C71H51BN2O2/c1-47(2)49-40-50(42-52(41-49)70-61-34-20-18-32-59(61)69(48-22-8-3-9-23-48)60-33-19-21-35-62(60)70)51-43-67-71-68(44-51)76-66-46-58(74(55-28-14-6-15-29-55)56-30-16-7-17-31-56)37-39-64(66)72(71)63-38-36-57(45-65(63)75-67)73(53-24-10-4-11-25-53)54-26-12-5-13-27-54/h3-47H,1-2H3. The zero-order chi connectivity index (χ0) is 50.7. The van der Waals surface area contributed by atoms with Crippen molar-refractivity contribution in [2.24, 2.45) is 0 Å². The number of nitrogens with zero attached hydrogens (tertiary/aromatic N) is 2. The number of hydrogen-bond acceptors (Lipinski definition) is 4. The summed E-state index contributed by atoms with van der Waals surface area (Å²) >= 11 is 0. The number of rotatable bonds is 10. The van der Waals surface area contributed by atoms with Gasteiger partial charge in [-0.3, -0.25) is 0 Å². The first-order valence-corrected chi connectivity index (χ1v) is 26.3. The van der Waals surface area contributed by atoms with Crippen LogP contribution in [0.25, 0.3) is 54.9 Å². The average molecular weight is 975 g/mol. The Hall–Kier alpha value is -9.58. The van der Waals surface area contributed by atoms with Gasteiger partial charge in [0.2, 0.25) is 0 Å². The number of fused-ring (bicyclic) bond motifs is 6. The maximum Gasteiger partial charge on any atom is 0.260 e. The maximum absolute atomic E-state index is 7.29. The predicted molar refractivity (Wildman–Crippen MR) is 319 cm³/mol. The second kappa shape index (κ2) is 18.7. The van der Waals surface area contributed by atoms with Crippen LogP contribution in [-0.4, -0.2) is 6.71 Å². The molecule has 0 spiro atoms. The van der Waals surface area contributed by atoms with Gasteiger partial charge in [0.25, 0.3) is 6.71 Å². The predicted octanol–water partition coefficient (Wildman–Crippen LogP) is 17.8. The minimum Gasteiger partial charge on any atom is -0.458 e. The summed E-state index contributed by atoms with van der Waals surface area (Å²) in [4.78, 5) is 4.59. The Morgan fingerprint density at radius 3 is 1.07 bits per heavy atom. The van der Waals surface area contributed by atoms with E-state index in [9.17, 15) is 0 Å². The summed E-state index contributed by atoms with van der Waals surface area (Å²) in [5, 5.41) is 4.91. The van der Waals surface area contributed by atoms with E-state index in [0.29, 0.717) is 0 Å². The highest BCUT2D eigenvalue weighted by atomic mass is 16.5. The molecule has 12 aromatic carbocycles. The van der Waals surface area contributed by atoms with Crippen molar-refractivity contribution in [2.75, 3.05) is 9.80 Å². The van der Waals surface area contributed by atoms with Crippen molar-refractivity contribution in [3.63, 3.8) is 0 Å². The van der Waals surface area contributed by atoms with Gasteiger partial charge in [0.1, 0.15) is 23.0 Å². The van der Waals surface area contributed by atoms with Gasteiger partial charge in [0.15, 0.2) is 0 Å². The highest BCUT2D eigenvalue weighted by molar-refractivity contribution is 6.98. The number of benzene rings is 12. The van der Waals surface area contributed by atoms with Crippen LogP contribution in [0, 0.1) is 0 Å². The molecule has 4 nitrogen and oxygen atoms in total. The molecule has 12 aromatic rings. The first kappa shape index (κ1) is 45.1. The lowest BCUT2D eigenvalue weighted by Crippen LogP contribution is -2.57. The number of hydrogen-bond donors (Lipinski definition) is 0.